The van der Waals surface area contributed by atoms with Gasteiger partial charge in [0.25, 0.3) is 5.91 Å². The molecular formula is C26H26ClN4O+. The summed E-state index contributed by atoms with van der Waals surface area (Å²) in [6.07, 6.45) is 0. The highest BCUT2D eigenvalue weighted by molar-refractivity contribution is 6.54. The van der Waals surface area contributed by atoms with E-state index in [4.69, 9.17) is 16.6 Å². The highest BCUT2D eigenvalue weighted by Crippen LogP contribution is 2.31. The van der Waals surface area contributed by atoms with E-state index in [-0.39, 0.29) is 5.91 Å². The Morgan fingerprint density at radius 3 is 2.44 bits per heavy atom. The van der Waals surface area contributed by atoms with Gasteiger partial charge in [-0.3, -0.25) is 9.69 Å². The quantitative estimate of drug-likeness (QED) is 0.668. The molecule has 0 aliphatic carbocycles. The van der Waals surface area contributed by atoms with Crippen LogP contribution in [0.5, 0.6) is 0 Å². The molecule has 0 unspecified atom stereocenters. The van der Waals surface area contributed by atoms with Crippen molar-refractivity contribution >= 4 is 40.3 Å². The summed E-state index contributed by atoms with van der Waals surface area (Å²) in [5.41, 5.74) is 5.27. The molecule has 6 heteroatoms. The lowest BCUT2D eigenvalue weighted by Gasteiger charge is -2.35. The maximum absolute atomic E-state index is 13.4. The number of para-hydroxylation sites is 2. The van der Waals surface area contributed by atoms with E-state index < -0.39 is 0 Å². The van der Waals surface area contributed by atoms with Crippen molar-refractivity contribution in [1.29, 1.82) is 0 Å². The van der Waals surface area contributed by atoms with E-state index in [1.807, 2.05) is 60.4 Å². The number of benzene rings is 3. The van der Waals surface area contributed by atoms with Crippen LogP contribution in [0, 0.1) is 6.92 Å². The summed E-state index contributed by atoms with van der Waals surface area (Å²) in [5.74, 6) is -0.0408. The van der Waals surface area contributed by atoms with Gasteiger partial charge in [-0.25, -0.2) is 4.99 Å². The number of halogens is 1. The fourth-order valence-electron chi connectivity index (χ4n) is 4.41. The minimum Gasteiger partial charge on any atom is -0.360 e. The van der Waals surface area contributed by atoms with Gasteiger partial charge < -0.3 is 9.80 Å². The number of hydrogen-bond donors (Lipinski definition) is 1. The summed E-state index contributed by atoms with van der Waals surface area (Å²) in [6.45, 7) is 6.53. The molecule has 1 amide bonds. The third-order valence-electron chi connectivity index (χ3n) is 6.27. The zero-order chi connectivity index (χ0) is 22.1. The summed E-state index contributed by atoms with van der Waals surface area (Å²) in [6, 6.07) is 24.1. The Kier molecular flexibility index (Phi) is 5.68. The maximum atomic E-state index is 13.4. The van der Waals surface area contributed by atoms with Gasteiger partial charge in [-0.15, -0.1) is 0 Å². The number of aliphatic imine (C=N–C) groups is 1. The van der Waals surface area contributed by atoms with Crippen LogP contribution in [-0.4, -0.2) is 44.5 Å². The number of nitrogens with one attached hydrogen (secondary N) is 1. The average Bonchev–Trinajstić information content (AvgIpc) is 3.08. The van der Waals surface area contributed by atoms with Crippen molar-refractivity contribution in [3.63, 3.8) is 0 Å². The molecular weight excluding hydrogens is 420 g/mol. The van der Waals surface area contributed by atoms with E-state index in [1.54, 1.807) is 0 Å². The van der Waals surface area contributed by atoms with Gasteiger partial charge in [0.15, 0.2) is 6.67 Å². The predicted molar refractivity (Wildman–Crippen MR) is 131 cm³/mol. The van der Waals surface area contributed by atoms with Crippen molar-refractivity contribution in [3.05, 3.63) is 88.9 Å². The summed E-state index contributed by atoms with van der Waals surface area (Å²) >= 11 is 6.28. The molecule has 32 heavy (non-hydrogen) atoms. The number of hydrogen-bond acceptors (Lipinski definition) is 3. The number of aryl methyl sites for hydroxylation is 1. The average molecular weight is 446 g/mol. The highest BCUT2D eigenvalue weighted by atomic mass is 35.5. The van der Waals surface area contributed by atoms with Crippen molar-refractivity contribution in [3.8, 4) is 0 Å². The number of piperazine rings is 1. The van der Waals surface area contributed by atoms with Crippen LogP contribution in [0.15, 0.2) is 77.8 Å². The maximum Gasteiger partial charge on any atom is 0.281 e. The van der Waals surface area contributed by atoms with Gasteiger partial charge >= 0.3 is 0 Å². The lowest BCUT2D eigenvalue weighted by molar-refractivity contribution is -0.899. The van der Waals surface area contributed by atoms with Crippen LogP contribution in [-0.2, 0) is 4.79 Å². The van der Waals surface area contributed by atoms with Gasteiger partial charge in [-0.2, -0.15) is 0 Å². The number of carbonyl (C=O) groups excluding carboxylic acids is 1. The van der Waals surface area contributed by atoms with E-state index in [0.29, 0.717) is 23.1 Å². The summed E-state index contributed by atoms with van der Waals surface area (Å²) < 4.78 is 0. The molecule has 5 rings (SSSR count). The van der Waals surface area contributed by atoms with Gasteiger partial charge in [0.2, 0.25) is 0 Å². The molecule has 3 aromatic carbocycles. The second-order valence-corrected chi connectivity index (χ2v) is 8.78. The first-order chi connectivity index (χ1) is 15.6. The molecule has 0 saturated carbocycles. The lowest BCUT2D eigenvalue weighted by atomic mass is 10.1. The Morgan fingerprint density at radius 2 is 1.69 bits per heavy atom. The molecule has 0 aromatic heterocycles. The predicted octanol–water partition coefficient (Wildman–Crippen LogP) is 3.48. The molecule has 3 aromatic rings. The SMILES string of the molecule is Cc1ccc(N=C2C(=O)N(C[NH+]3CCN(c4ccccc4)CC3)c3ccccc32)cc1Cl. The van der Waals surface area contributed by atoms with Gasteiger partial charge in [-0.05, 0) is 42.8 Å². The zero-order valence-electron chi connectivity index (χ0n) is 18.1. The Labute approximate surface area is 193 Å². The topological polar surface area (TPSA) is 40.4 Å². The van der Waals surface area contributed by atoms with Crippen molar-refractivity contribution in [1.82, 2.24) is 0 Å². The number of anilines is 2. The summed E-state index contributed by atoms with van der Waals surface area (Å²) in [7, 11) is 0. The van der Waals surface area contributed by atoms with Crippen molar-refractivity contribution in [2.75, 3.05) is 42.6 Å². The number of rotatable bonds is 4. The number of amides is 1. The Balaban J connectivity index is 1.35. The Morgan fingerprint density at radius 1 is 0.969 bits per heavy atom. The lowest BCUT2D eigenvalue weighted by Crippen LogP contribution is -3.16. The van der Waals surface area contributed by atoms with Crippen molar-refractivity contribution in [2.24, 2.45) is 4.99 Å². The molecule has 5 nitrogen and oxygen atoms in total. The van der Waals surface area contributed by atoms with E-state index in [2.05, 4.69) is 29.2 Å². The molecule has 1 saturated heterocycles. The number of quaternary nitrogens is 1. The van der Waals surface area contributed by atoms with Crippen LogP contribution in [0.4, 0.5) is 17.1 Å². The first-order valence-electron chi connectivity index (χ1n) is 11.0. The second-order valence-electron chi connectivity index (χ2n) is 8.37. The molecule has 2 aliphatic rings. The van der Waals surface area contributed by atoms with E-state index in [1.165, 1.54) is 10.6 Å². The first-order valence-corrected chi connectivity index (χ1v) is 11.4. The standard InChI is InChI=1S/C26H25ClN4O/c1-19-11-12-20(17-23(19)27)28-25-22-9-5-6-10-24(22)31(26(25)32)18-29-13-15-30(16-14-29)21-7-3-2-4-8-21/h2-12,17H,13-16,18H2,1H3/p+1. The first kappa shape index (κ1) is 20.7. The van der Waals surface area contributed by atoms with Crippen LogP contribution >= 0.6 is 11.6 Å². The molecule has 1 N–H and O–H groups in total. The molecule has 2 heterocycles. The van der Waals surface area contributed by atoms with Crippen LogP contribution in [0.1, 0.15) is 11.1 Å². The fraction of sp³-hybridized carbons (Fsp3) is 0.231. The fourth-order valence-corrected chi connectivity index (χ4v) is 4.58. The normalized spacial score (nSPS) is 17.8. The molecule has 1 fully saturated rings. The zero-order valence-corrected chi connectivity index (χ0v) is 18.8. The van der Waals surface area contributed by atoms with E-state index >= 15 is 0 Å². The molecule has 2 aliphatic heterocycles. The van der Waals surface area contributed by atoms with E-state index in [9.17, 15) is 4.79 Å². The third-order valence-corrected chi connectivity index (χ3v) is 6.67. The van der Waals surface area contributed by atoms with Gasteiger partial charge in [0.1, 0.15) is 5.71 Å². The smallest absolute Gasteiger partial charge is 0.281 e. The molecule has 0 bridgehead atoms. The van der Waals surface area contributed by atoms with Crippen LogP contribution in [0.3, 0.4) is 0 Å². The van der Waals surface area contributed by atoms with Crippen LogP contribution in [0.2, 0.25) is 5.02 Å². The minimum absolute atomic E-state index is 0.0408. The highest BCUT2D eigenvalue weighted by Gasteiger charge is 2.36. The second kappa shape index (κ2) is 8.77. The van der Waals surface area contributed by atoms with Gasteiger partial charge in [-0.1, -0.05) is 54.1 Å². The number of fused-ring (bicyclic) bond motifs is 1. The third kappa shape index (κ3) is 4.01. The van der Waals surface area contributed by atoms with Crippen LogP contribution < -0.4 is 14.7 Å². The summed E-state index contributed by atoms with van der Waals surface area (Å²) in [4.78, 5) is 23.8. The molecule has 0 radical (unpaired) electrons. The monoisotopic (exact) mass is 445 g/mol. The minimum atomic E-state index is -0.0408. The number of nitrogens with zero attached hydrogens (tertiary/aromatic N) is 3. The molecule has 0 spiro atoms. The van der Waals surface area contributed by atoms with E-state index in [0.717, 1.165) is 43.0 Å². The van der Waals surface area contributed by atoms with Crippen molar-refractivity contribution < 1.29 is 9.69 Å². The van der Waals surface area contributed by atoms with Gasteiger partial charge in [0.05, 0.1) is 37.6 Å². The largest absolute Gasteiger partial charge is 0.360 e. The molecule has 0 atom stereocenters. The van der Waals surface area contributed by atoms with Gasteiger partial charge in [0, 0.05) is 16.3 Å². The van der Waals surface area contributed by atoms with Crippen LogP contribution in [0.25, 0.3) is 0 Å². The summed E-state index contributed by atoms with van der Waals surface area (Å²) in [5, 5.41) is 0.656. The Hall–Kier alpha value is -3.15. The van der Waals surface area contributed by atoms with Crippen molar-refractivity contribution in [2.45, 2.75) is 6.92 Å². The Bertz CT molecular complexity index is 1170. The molecule has 162 valence electrons. The number of carbonyl (C=O) groups is 1.